The lowest BCUT2D eigenvalue weighted by Gasteiger charge is -2.19. The molecule has 0 fully saturated rings. The largest absolute Gasteiger partial charge is 0.444 e. The number of nitrogens with zero attached hydrogens (tertiary/aromatic N) is 3. The van der Waals surface area contributed by atoms with E-state index in [1.165, 1.54) is 11.8 Å². The molecular weight excluding hydrogens is 240 g/mol. The molecule has 1 heterocycles. The Kier molecular flexibility index (Phi) is 4.68. The number of carbonyl (C=O) groups excluding carboxylic acids is 1. The number of thioether (sulfide) groups is 1. The molecule has 7 heteroatoms. The van der Waals surface area contributed by atoms with Gasteiger partial charge in [-0.1, -0.05) is 11.8 Å². The molecule has 0 radical (unpaired) electrons. The van der Waals surface area contributed by atoms with Gasteiger partial charge in [-0.25, -0.2) is 9.78 Å². The van der Waals surface area contributed by atoms with Crippen LogP contribution >= 0.6 is 11.8 Å². The molecule has 0 atom stereocenters. The van der Waals surface area contributed by atoms with Crippen LogP contribution in [0, 0.1) is 0 Å². The molecule has 0 saturated heterocycles. The Hall–Kier alpha value is -1.37. The highest BCUT2D eigenvalue weighted by atomic mass is 32.2. The van der Waals surface area contributed by atoms with E-state index in [1.807, 2.05) is 6.26 Å². The van der Waals surface area contributed by atoms with Gasteiger partial charge in [-0.2, -0.15) is 0 Å². The Bertz CT molecular complexity index is 375. The van der Waals surface area contributed by atoms with Crippen molar-refractivity contribution >= 4 is 17.9 Å². The number of rotatable bonds is 3. The van der Waals surface area contributed by atoms with Crippen molar-refractivity contribution in [2.75, 3.05) is 6.26 Å². The van der Waals surface area contributed by atoms with Crippen LogP contribution in [0.2, 0.25) is 0 Å². The van der Waals surface area contributed by atoms with Crippen molar-refractivity contribution in [1.29, 1.82) is 0 Å². The van der Waals surface area contributed by atoms with Crippen molar-refractivity contribution in [3.05, 3.63) is 11.9 Å². The highest BCUT2D eigenvalue weighted by molar-refractivity contribution is 7.98. The second kappa shape index (κ2) is 5.81. The summed E-state index contributed by atoms with van der Waals surface area (Å²) < 4.78 is 5.08. The number of alkyl carbamates (subject to hydrolysis) is 1. The van der Waals surface area contributed by atoms with Gasteiger partial charge in [0, 0.05) is 0 Å². The molecular formula is C10H16N4O2S. The molecule has 0 aliphatic rings. The van der Waals surface area contributed by atoms with Crippen LogP contribution in [-0.2, 0) is 11.3 Å². The molecule has 0 aromatic carbocycles. The molecule has 17 heavy (non-hydrogen) atoms. The molecule has 1 N–H and O–H groups in total. The fourth-order valence-corrected chi connectivity index (χ4v) is 1.22. The monoisotopic (exact) mass is 256 g/mol. The third-order valence-electron chi connectivity index (χ3n) is 1.58. The van der Waals surface area contributed by atoms with E-state index in [1.54, 1.807) is 27.0 Å². The Morgan fingerprint density at radius 2 is 2.18 bits per heavy atom. The van der Waals surface area contributed by atoms with E-state index in [9.17, 15) is 4.79 Å². The molecule has 6 nitrogen and oxygen atoms in total. The lowest BCUT2D eigenvalue weighted by molar-refractivity contribution is 0.0522. The van der Waals surface area contributed by atoms with Gasteiger partial charge in [0.15, 0.2) is 0 Å². The minimum absolute atomic E-state index is 0.254. The second-order valence-electron chi connectivity index (χ2n) is 4.29. The number of carbonyl (C=O) groups is 1. The number of amides is 1. The Morgan fingerprint density at radius 1 is 1.47 bits per heavy atom. The normalized spacial score (nSPS) is 11.1. The van der Waals surface area contributed by atoms with Crippen molar-refractivity contribution < 1.29 is 9.53 Å². The van der Waals surface area contributed by atoms with E-state index in [2.05, 4.69) is 20.5 Å². The van der Waals surface area contributed by atoms with E-state index in [0.717, 1.165) is 0 Å². The quantitative estimate of drug-likeness (QED) is 0.828. The first-order valence-corrected chi connectivity index (χ1v) is 6.32. The third kappa shape index (κ3) is 5.48. The summed E-state index contributed by atoms with van der Waals surface area (Å²) >= 11 is 1.41. The van der Waals surface area contributed by atoms with Crippen LogP contribution in [0.25, 0.3) is 0 Å². The highest BCUT2D eigenvalue weighted by Crippen LogP contribution is 2.07. The Morgan fingerprint density at radius 3 is 2.65 bits per heavy atom. The third-order valence-corrected chi connectivity index (χ3v) is 2.14. The fraction of sp³-hybridized carbons (Fsp3) is 0.600. The first-order valence-electron chi connectivity index (χ1n) is 5.10. The van der Waals surface area contributed by atoms with Gasteiger partial charge in [0.05, 0.1) is 12.7 Å². The van der Waals surface area contributed by atoms with Crippen molar-refractivity contribution in [2.45, 2.75) is 38.1 Å². The van der Waals surface area contributed by atoms with E-state index >= 15 is 0 Å². The summed E-state index contributed by atoms with van der Waals surface area (Å²) in [5.74, 6) is 0. The summed E-state index contributed by atoms with van der Waals surface area (Å²) in [7, 11) is 0. The number of hydrogen-bond donors (Lipinski definition) is 1. The number of ether oxygens (including phenoxy) is 1. The summed E-state index contributed by atoms with van der Waals surface area (Å²) in [6.45, 7) is 5.67. The SMILES string of the molecule is CSc1ncc(CNC(=O)OC(C)(C)C)nn1. The molecule has 94 valence electrons. The van der Waals surface area contributed by atoms with Crippen LogP contribution in [0.5, 0.6) is 0 Å². The smallest absolute Gasteiger partial charge is 0.407 e. The topological polar surface area (TPSA) is 77.0 Å². The molecule has 0 aliphatic carbocycles. The van der Waals surface area contributed by atoms with E-state index in [4.69, 9.17) is 4.74 Å². The minimum Gasteiger partial charge on any atom is -0.444 e. The van der Waals surface area contributed by atoms with Crippen LogP contribution in [0.4, 0.5) is 4.79 Å². The van der Waals surface area contributed by atoms with Crippen LogP contribution < -0.4 is 5.32 Å². The van der Waals surface area contributed by atoms with Gasteiger partial charge in [0.25, 0.3) is 0 Å². The standard InChI is InChI=1S/C10H16N4O2S/c1-10(2,3)16-9(15)12-6-7-5-11-8(17-4)14-13-7/h5H,6H2,1-4H3,(H,12,15). The van der Waals surface area contributed by atoms with Gasteiger partial charge in [0.1, 0.15) is 11.3 Å². The average molecular weight is 256 g/mol. The highest BCUT2D eigenvalue weighted by Gasteiger charge is 2.15. The molecule has 0 bridgehead atoms. The minimum atomic E-state index is -0.503. The maximum absolute atomic E-state index is 11.3. The van der Waals surface area contributed by atoms with E-state index in [0.29, 0.717) is 10.9 Å². The first kappa shape index (κ1) is 13.7. The van der Waals surface area contributed by atoms with Crippen LogP contribution in [0.15, 0.2) is 11.4 Å². The molecule has 1 rings (SSSR count). The lowest BCUT2D eigenvalue weighted by atomic mass is 10.2. The van der Waals surface area contributed by atoms with Gasteiger partial charge < -0.3 is 10.1 Å². The van der Waals surface area contributed by atoms with Crippen molar-refractivity contribution in [2.24, 2.45) is 0 Å². The van der Waals surface area contributed by atoms with Crippen LogP contribution in [0.3, 0.4) is 0 Å². The van der Waals surface area contributed by atoms with Crippen molar-refractivity contribution in [1.82, 2.24) is 20.5 Å². The molecule has 0 unspecified atom stereocenters. The predicted molar refractivity (Wildman–Crippen MR) is 64.7 cm³/mol. The molecule has 1 amide bonds. The molecule has 0 saturated carbocycles. The van der Waals surface area contributed by atoms with Gasteiger partial charge in [-0.15, -0.1) is 10.2 Å². The van der Waals surface area contributed by atoms with Gasteiger partial charge in [-0.3, -0.25) is 0 Å². The number of nitrogens with one attached hydrogen (secondary N) is 1. The maximum Gasteiger partial charge on any atom is 0.407 e. The maximum atomic E-state index is 11.3. The van der Waals surface area contributed by atoms with Gasteiger partial charge in [0.2, 0.25) is 5.16 Å². The predicted octanol–water partition coefficient (Wildman–Crippen LogP) is 1.62. The summed E-state index contributed by atoms with van der Waals surface area (Å²) in [6, 6.07) is 0. The molecule has 0 spiro atoms. The van der Waals surface area contributed by atoms with Crippen LogP contribution in [0.1, 0.15) is 26.5 Å². The van der Waals surface area contributed by atoms with E-state index < -0.39 is 11.7 Å². The lowest BCUT2D eigenvalue weighted by Crippen LogP contribution is -2.32. The first-order chi connectivity index (χ1) is 7.90. The van der Waals surface area contributed by atoms with Gasteiger partial charge >= 0.3 is 6.09 Å². The zero-order valence-electron chi connectivity index (χ0n) is 10.4. The van der Waals surface area contributed by atoms with Crippen LogP contribution in [-0.4, -0.2) is 33.1 Å². The fourth-order valence-electron chi connectivity index (χ4n) is 0.940. The second-order valence-corrected chi connectivity index (χ2v) is 5.07. The van der Waals surface area contributed by atoms with E-state index in [-0.39, 0.29) is 6.54 Å². The molecule has 1 aromatic rings. The van der Waals surface area contributed by atoms with Crippen molar-refractivity contribution in [3.8, 4) is 0 Å². The average Bonchev–Trinajstić information content (AvgIpc) is 2.25. The summed E-state index contributed by atoms with van der Waals surface area (Å²) in [5.41, 5.74) is 0.0881. The summed E-state index contributed by atoms with van der Waals surface area (Å²) in [6.07, 6.45) is 2.97. The summed E-state index contributed by atoms with van der Waals surface area (Å²) in [5, 5.41) is 11.0. The Balaban J connectivity index is 2.42. The summed E-state index contributed by atoms with van der Waals surface area (Å²) in [4.78, 5) is 15.4. The molecule has 1 aromatic heterocycles. The zero-order valence-corrected chi connectivity index (χ0v) is 11.2. The number of aromatic nitrogens is 3. The molecule has 0 aliphatic heterocycles. The number of hydrogen-bond acceptors (Lipinski definition) is 6. The van der Waals surface area contributed by atoms with Crippen molar-refractivity contribution in [3.63, 3.8) is 0 Å². The zero-order chi connectivity index (χ0) is 12.9. The Labute approximate surface area is 105 Å². The van der Waals surface area contributed by atoms with Gasteiger partial charge in [-0.05, 0) is 27.0 Å².